The van der Waals surface area contributed by atoms with Crippen LogP contribution in [0.2, 0.25) is 0 Å². The van der Waals surface area contributed by atoms with Crippen molar-refractivity contribution in [2.24, 2.45) is 0 Å². The highest BCUT2D eigenvalue weighted by atomic mass is 15.1. The second kappa shape index (κ2) is 14.3. The van der Waals surface area contributed by atoms with Gasteiger partial charge in [0.15, 0.2) is 0 Å². The topological polar surface area (TPSA) is 3.24 Å². The van der Waals surface area contributed by atoms with Crippen molar-refractivity contribution in [3.8, 4) is 66.8 Å². The lowest BCUT2D eigenvalue weighted by Crippen LogP contribution is -2.26. The van der Waals surface area contributed by atoms with Crippen LogP contribution in [-0.2, 0) is 10.8 Å². The van der Waals surface area contributed by atoms with Crippen LogP contribution in [0.25, 0.3) is 66.8 Å². The van der Waals surface area contributed by atoms with Crippen LogP contribution in [-0.4, -0.2) is 0 Å². The molecule has 0 fully saturated rings. The minimum Gasteiger partial charge on any atom is -0.310 e. The van der Waals surface area contributed by atoms with E-state index in [1.165, 1.54) is 100 Å². The van der Waals surface area contributed by atoms with Crippen LogP contribution in [0, 0.1) is 0 Å². The van der Waals surface area contributed by atoms with Crippen LogP contribution in [0.1, 0.15) is 47.2 Å². The van der Waals surface area contributed by atoms with Crippen molar-refractivity contribution >= 4 is 17.1 Å². The van der Waals surface area contributed by atoms with Gasteiger partial charge in [0.05, 0.1) is 11.1 Å². The molecule has 0 radical (unpaired) electrons. The van der Waals surface area contributed by atoms with Crippen LogP contribution in [0.4, 0.5) is 17.1 Å². The summed E-state index contributed by atoms with van der Waals surface area (Å²) >= 11 is 0. The lowest BCUT2D eigenvalue weighted by molar-refractivity contribution is 0.660. The minimum absolute atomic E-state index is 0.114. The molecule has 0 aliphatic heterocycles. The Labute approximate surface area is 381 Å². The zero-order chi connectivity index (χ0) is 43.3. The van der Waals surface area contributed by atoms with Crippen molar-refractivity contribution in [2.45, 2.75) is 24.7 Å². The van der Waals surface area contributed by atoms with E-state index in [0.717, 1.165) is 17.1 Å². The van der Waals surface area contributed by atoms with Crippen molar-refractivity contribution in [1.82, 2.24) is 0 Å². The van der Waals surface area contributed by atoms with Gasteiger partial charge in [-0.15, -0.1) is 0 Å². The number of hydrogen-bond acceptors (Lipinski definition) is 1. The predicted octanol–water partition coefficient (Wildman–Crippen LogP) is 16.8. The number of anilines is 3. The summed E-state index contributed by atoms with van der Waals surface area (Å²) in [5.41, 5.74) is 25.8. The number of rotatable bonds is 6. The van der Waals surface area contributed by atoms with E-state index in [4.69, 9.17) is 0 Å². The Bertz CT molecular complexity index is 3460. The Hall–Kier alpha value is -8.00. The van der Waals surface area contributed by atoms with Gasteiger partial charge in [-0.2, -0.15) is 0 Å². The van der Waals surface area contributed by atoms with E-state index in [1.54, 1.807) is 0 Å². The van der Waals surface area contributed by atoms with Crippen LogP contribution < -0.4 is 4.90 Å². The molecule has 10 aromatic rings. The smallest absolute Gasteiger partial charge is 0.0726 e. The van der Waals surface area contributed by atoms with E-state index >= 15 is 0 Å². The summed E-state index contributed by atoms with van der Waals surface area (Å²) in [6.07, 6.45) is 0. The number of fused-ring (bicyclic) bond motifs is 13. The lowest BCUT2D eigenvalue weighted by Gasteiger charge is -2.33. The number of nitrogens with zero attached hydrogens (tertiary/aromatic N) is 1. The molecule has 0 bridgehead atoms. The second-order valence-corrected chi connectivity index (χ2v) is 18.3. The maximum absolute atomic E-state index is 2.56. The Morgan fingerprint density at radius 1 is 0.277 bits per heavy atom. The third-order valence-corrected chi connectivity index (χ3v) is 14.7. The molecule has 0 atom stereocenters. The third kappa shape index (κ3) is 5.33. The van der Waals surface area contributed by atoms with Gasteiger partial charge in [-0.3, -0.25) is 0 Å². The molecule has 3 aliphatic carbocycles. The maximum Gasteiger partial charge on any atom is 0.0726 e. The Balaban J connectivity index is 1.13. The molecule has 1 heteroatoms. The van der Waals surface area contributed by atoms with Gasteiger partial charge in [-0.05, 0) is 125 Å². The van der Waals surface area contributed by atoms with Crippen LogP contribution in [0.5, 0.6) is 0 Å². The first-order valence-corrected chi connectivity index (χ1v) is 22.8. The summed E-state index contributed by atoms with van der Waals surface area (Å²) in [7, 11) is 0. The molecule has 65 heavy (non-hydrogen) atoms. The van der Waals surface area contributed by atoms with Gasteiger partial charge in [0.1, 0.15) is 0 Å². The van der Waals surface area contributed by atoms with Crippen LogP contribution in [0.15, 0.2) is 237 Å². The van der Waals surface area contributed by atoms with E-state index in [9.17, 15) is 0 Å². The monoisotopic (exact) mass is 827 g/mol. The molecule has 0 heterocycles. The van der Waals surface area contributed by atoms with Gasteiger partial charge in [0.2, 0.25) is 0 Å². The lowest BCUT2D eigenvalue weighted by atomic mass is 9.70. The summed E-state index contributed by atoms with van der Waals surface area (Å²) in [5.74, 6) is 0. The van der Waals surface area contributed by atoms with E-state index in [-0.39, 0.29) is 5.41 Å². The standard InChI is InChI=1S/C64H45N/c1-63(2)55-31-15-11-28-51(55)54-40-44(37-39-56(54)63)65(61-35-19-30-47(43-22-7-4-8-23-43)62(61)53-29-10-9-24-46(53)42-20-5-3-6-21-42)45-36-38-52-50-27-14-18-34-59(50)64(60(52)41-45)57-32-16-12-25-48(57)49-26-13-17-33-58(49)64/h3-41H,1-2H3. The normalized spacial score (nSPS) is 13.9. The van der Waals surface area contributed by atoms with E-state index in [2.05, 4.69) is 255 Å². The highest BCUT2D eigenvalue weighted by molar-refractivity contribution is 6.03. The van der Waals surface area contributed by atoms with E-state index in [0.29, 0.717) is 0 Å². The highest BCUT2D eigenvalue weighted by Gasteiger charge is 2.51. The zero-order valence-electron chi connectivity index (χ0n) is 36.5. The fourth-order valence-corrected chi connectivity index (χ4v) is 11.9. The molecular formula is C64H45N. The molecule has 0 aromatic heterocycles. The Morgan fingerprint density at radius 2 is 0.692 bits per heavy atom. The van der Waals surface area contributed by atoms with E-state index < -0.39 is 5.41 Å². The summed E-state index contributed by atoms with van der Waals surface area (Å²) in [5, 5.41) is 0. The molecule has 1 spiro atoms. The summed E-state index contributed by atoms with van der Waals surface area (Å²) in [6.45, 7) is 4.73. The Kier molecular flexibility index (Phi) is 8.24. The maximum atomic E-state index is 2.56. The largest absolute Gasteiger partial charge is 0.310 e. The predicted molar refractivity (Wildman–Crippen MR) is 271 cm³/mol. The van der Waals surface area contributed by atoms with Crippen LogP contribution in [0.3, 0.4) is 0 Å². The van der Waals surface area contributed by atoms with Gasteiger partial charge >= 0.3 is 0 Å². The highest BCUT2D eigenvalue weighted by Crippen LogP contribution is 2.64. The third-order valence-electron chi connectivity index (χ3n) is 14.7. The first-order chi connectivity index (χ1) is 32.0. The molecule has 0 N–H and O–H groups in total. The molecule has 0 amide bonds. The quantitative estimate of drug-likeness (QED) is 0.161. The number of benzene rings is 10. The molecular weight excluding hydrogens is 783 g/mol. The van der Waals surface area contributed by atoms with Gasteiger partial charge in [0, 0.05) is 22.4 Å². The van der Waals surface area contributed by atoms with Gasteiger partial charge in [0.25, 0.3) is 0 Å². The molecule has 0 saturated heterocycles. The molecule has 1 nitrogen and oxygen atoms in total. The van der Waals surface area contributed by atoms with Gasteiger partial charge < -0.3 is 4.90 Å². The average molecular weight is 828 g/mol. The van der Waals surface area contributed by atoms with Crippen LogP contribution >= 0.6 is 0 Å². The minimum atomic E-state index is -0.476. The fraction of sp³-hybridized carbons (Fsp3) is 0.0625. The summed E-state index contributed by atoms with van der Waals surface area (Å²) in [6, 6.07) is 88.4. The molecule has 3 aliphatic rings. The molecule has 0 saturated carbocycles. The Morgan fingerprint density at radius 3 is 1.29 bits per heavy atom. The first-order valence-electron chi connectivity index (χ1n) is 22.8. The van der Waals surface area contributed by atoms with Gasteiger partial charge in [-0.1, -0.05) is 220 Å². The molecule has 306 valence electrons. The van der Waals surface area contributed by atoms with Crippen molar-refractivity contribution in [3.05, 3.63) is 270 Å². The average Bonchev–Trinajstić information content (AvgIpc) is 3.93. The SMILES string of the molecule is CC1(C)c2ccccc2-c2cc(N(c3ccc4c(c3)C3(c5ccccc5-c5ccccc53)c3ccccc3-4)c3cccc(-c4ccccc4)c3-c3ccccc3-c3ccccc3)ccc21. The molecule has 10 aromatic carbocycles. The zero-order valence-corrected chi connectivity index (χ0v) is 36.5. The summed E-state index contributed by atoms with van der Waals surface area (Å²) < 4.78 is 0. The molecule has 13 rings (SSSR count). The first kappa shape index (κ1) is 37.5. The van der Waals surface area contributed by atoms with Gasteiger partial charge in [-0.25, -0.2) is 0 Å². The molecule has 0 unspecified atom stereocenters. The van der Waals surface area contributed by atoms with Crippen molar-refractivity contribution in [1.29, 1.82) is 0 Å². The summed E-state index contributed by atoms with van der Waals surface area (Å²) in [4.78, 5) is 2.56. The second-order valence-electron chi connectivity index (χ2n) is 18.3. The van der Waals surface area contributed by atoms with Crippen molar-refractivity contribution in [2.75, 3.05) is 4.90 Å². The fourth-order valence-electron chi connectivity index (χ4n) is 11.9. The van der Waals surface area contributed by atoms with Crippen molar-refractivity contribution in [3.63, 3.8) is 0 Å². The van der Waals surface area contributed by atoms with Crippen molar-refractivity contribution < 1.29 is 0 Å². The number of hydrogen-bond donors (Lipinski definition) is 0. The van der Waals surface area contributed by atoms with E-state index in [1.807, 2.05) is 0 Å².